The summed E-state index contributed by atoms with van der Waals surface area (Å²) < 4.78 is 12.7. The van der Waals surface area contributed by atoms with Crippen molar-refractivity contribution >= 4 is 17.7 Å². The molecule has 0 saturated heterocycles. The van der Waals surface area contributed by atoms with Crippen LogP contribution < -0.4 is 0 Å². The van der Waals surface area contributed by atoms with Gasteiger partial charge in [-0.3, -0.25) is 4.79 Å². The van der Waals surface area contributed by atoms with Gasteiger partial charge in [-0.05, 0) is 30.4 Å². The summed E-state index contributed by atoms with van der Waals surface area (Å²) in [5.41, 5.74) is 0. The predicted molar refractivity (Wildman–Crippen MR) is 57.2 cm³/mol. The first-order chi connectivity index (χ1) is 7.22. The van der Waals surface area contributed by atoms with E-state index in [1.807, 2.05) is 0 Å². The number of nitrogens with zero attached hydrogens (tertiary/aromatic N) is 1. The molecule has 0 radical (unpaired) electrons. The second-order valence-corrected chi connectivity index (χ2v) is 4.06. The van der Waals surface area contributed by atoms with E-state index in [0.717, 1.165) is 4.90 Å². The molecule has 0 aliphatic heterocycles. The Labute approximate surface area is 91.0 Å². The molecule has 1 rings (SSSR count). The molecule has 80 valence electrons. The maximum Gasteiger partial charge on any atom is 0.286 e. The van der Waals surface area contributed by atoms with E-state index < -0.39 is 5.91 Å². The normalized spacial score (nSPS) is 9.93. The maximum absolute atomic E-state index is 12.7. The fourth-order valence-corrected chi connectivity index (χ4v) is 1.91. The van der Waals surface area contributed by atoms with Crippen LogP contribution in [-0.4, -0.2) is 11.7 Å². The summed E-state index contributed by atoms with van der Waals surface area (Å²) in [5, 5.41) is 2.29. The minimum atomic E-state index is -0.630. The topological polar surface area (TPSA) is 46.5 Å². The van der Waals surface area contributed by atoms with Gasteiger partial charge in [0.1, 0.15) is 5.82 Å². The summed E-state index contributed by atoms with van der Waals surface area (Å²) in [5.74, 6) is -0.231. The highest BCUT2D eigenvalue weighted by Crippen LogP contribution is 2.19. The second-order valence-electron chi connectivity index (χ2n) is 2.89. The zero-order chi connectivity index (χ0) is 11.1. The van der Waals surface area contributed by atoms with Crippen molar-refractivity contribution in [2.24, 2.45) is 5.18 Å². The van der Waals surface area contributed by atoms with Gasteiger partial charge in [0.05, 0.1) is 0 Å². The lowest BCUT2D eigenvalue weighted by atomic mass is 10.3. The Kier molecular flexibility index (Phi) is 4.97. The molecule has 0 saturated carbocycles. The van der Waals surface area contributed by atoms with E-state index in [9.17, 15) is 14.1 Å². The molecule has 1 aromatic rings. The Morgan fingerprint density at radius 3 is 2.93 bits per heavy atom. The molecular formula is C10H10FNO2S. The van der Waals surface area contributed by atoms with Crippen molar-refractivity contribution in [3.05, 3.63) is 35.0 Å². The Morgan fingerprint density at radius 1 is 1.47 bits per heavy atom. The van der Waals surface area contributed by atoms with Crippen molar-refractivity contribution in [3.8, 4) is 0 Å². The molecule has 0 atom stereocenters. The van der Waals surface area contributed by atoms with Gasteiger partial charge in [0.2, 0.25) is 0 Å². The van der Waals surface area contributed by atoms with Crippen LogP contribution in [0.5, 0.6) is 0 Å². The van der Waals surface area contributed by atoms with Crippen molar-refractivity contribution in [3.63, 3.8) is 0 Å². The zero-order valence-corrected chi connectivity index (χ0v) is 8.80. The average Bonchev–Trinajstić information content (AvgIpc) is 2.24. The van der Waals surface area contributed by atoms with Crippen molar-refractivity contribution in [1.29, 1.82) is 0 Å². The molecule has 0 spiro atoms. The minimum absolute atomic E-state index is 0.159. The van der Waals surface area contributed by atoms with Crippen LogP contribution in [0, 0.1) is 10.7 Å². The third-order valence-electron chi connectivity index (χ3n) is 1.70. The highest BCUT2D eigenvalue weighted by Gasteiger charge is 2.01. The Balaban J connectivity index is 2.26. The van der Waals surface area contributed by atoms with E-state index in [-0.39, 0.29) is 12.2 Å². The number of carbonyl (C=O) groups excluding carboxylic acids is 1. The smallest absolute Gasteiger partial charge is 0.269 e. The predicted octanol–water partition coefficient (Wildman–Crippen LogP) is 2.99. The number of benzene rings is 1. The Morgan fingerprint density at radius 2 is 2.27 bits per heavy atom. The number of carbonyl (C=O) groups is 1. The highest BCUT2D eigenvalue weighted by atomic mass is 32.2. The van der Waals surface area contributed by atoms with Crippen molar-refractivity contribution in [2.45, 2.75) is 17.7 Å². The van der Waals surface area contributed by atoms with Gasteiger partial charge in [0, 0.05) is 16.5 Å². The molecule has 15 heavy (non-hydrogen) atoms. The summed E-state index contributed by atoms with van der Waals surface area (Å²) in [7, 11) is 0. The molecule has 0 unspecified atom stereocenters. The highest BCUT2D eigenvalue weighted by molar-refractivity contribution is 7.99. The van der Waals surface area contributed by atoms with Crippen molar-refractivity contribution in [2.75, 3.05) is 5.75 Å². The largest absolute Gasteiger partial charge is 0.286 e. The van der Waals surface area contributed by atoms with Crippen LogP contribution in [0.4, 0.5) is 4.39 Å². The van der Waals surface area contributed by atoms with E-state index in [2.05, 4.69) is 5.18 Å². The molecule has 0 aromatic heterocycles. The minimum Gasteiger partial charge on any atom is -0.269 e. The van der Waals surface area contributed by atoms with Crippen molar-refractivity contribution in [1.82, 2.24) is 0 Å². The van der Waals surface area contributed by atoms with Crippen LogP contribution in [0.25, 0.3) is 0 Å². The molecule has 0 aliphatic carbocycles. The number of thioether (sulfide) groups is 1. The Hall–Kier alpha value is -1.23. The van der Waals surface area contributed by atoms with Crippen LogP contribution in [0.2, 0.25) is 0 Å². The van der Waals surface area contributed by atoms with Crippen LogP contribution in [-0.2, 0) is 4.79 Å². The second kappa shape index (κ2) is 6.29. The number of rotatable bonds is 5. The van der Waals surface area contributed by atoms with E-state index in [4.69, 9.17) is 0 Å². The first kappa shape index (κ1) is 11.8. The summed E-state index contributed by atoms with van der Waals surface area (Å²) >= 11 is 1.45. The van der Waals surface area contributed by atoms with Gasteiger partial charge in [-0.2, -0.15) is 0 Å². The Bertz CT molecular complexity index is 357. The van der Waals surface area contributed by atoms with Gasteiger partial charge in [-0.15, -0.1) is 16.7 Å². The van der Waals surface area contributed by atoms with E-state index in [1.54, 1.807) is 12.1 Å². The SMILES string of the molecule is O=NC(=O)CCCSc1cccc(F)c1. The quantitative estimate of drug-likeness (QED) is 0.441. The van der Waals surface area contributed by atoms with Crippen molar-refractivity contribution < 1.29 is 9.18 Å². The molecular weight excluding hydrogens is 217 g/mol. The number of amides is 1. The van der Waals surface area contributed by atoms with E-state index in [0.29, 0.717) is 12.2 Å². The van der Waals surface area contributed by atoms with Crippen LogP contribution >= 0.6 is 11.8 Å². The van der Waals surface area contributed by atoms with Gasteiger partial charge < -0.3 is 0 Å². The summed E-state index contributed by atoms with van der Waals surface area (Å²) in [6.45, 7) is 0. The zero-order valence-electron chi connectivity index (χ0n) is 7.98. The lowest BCUT2D eigenvalue weighted by Crippen LogP contribution is -1.92. The molecule has 0 N–H and O–H groups in total. The van der Waals surface area contributed by atoms with Gasteiger partial charge in [0.15, 0.2) is 0 Å². The van der Waals surface area contributed by atoms with Crippen LogP contribution in [0.3, 0.4) is 0 Å². The fourth-order valence-electron chi connectivity index (χ4n) is 1.02. The number of halogens is 1. The van der Waals surface area contributed by atoms with E-state index in [1.165, 1.54) is 23.9 Å². The first-order valence-electron chi connectivity index (χ1n) is 4.47. The molecule has 5 heteroatoms. The maximum atomic E-state index is 12.7. The molecule has 1 aromatic carbocycles. The van der Waals surface area contributed by atoms with Gasteiger partial charge in [-0.1, -0.05) is 6.07 Å². The third kappa shape index (κ3) is 4.69. The average molecular weight is 227 g/mol. The standard InChI is InChI=1S/C10H10FNO2S/c11-8-3-1-4-9(7-8)15-6-2-5-10(13)12-14/h1,3-4,7H,2,5-6H2. The molecule has 0 heterocycles. The molecule has 1 amide bonds. The lowest BCUT2D eigenvalue weighted by Gasteiger charge is -1.99. The van der Waals surface area contributed by atoms with Gasteiger partial charge in [0.25, 0.3) is 5.91 Å². The fraction of sp³-hybridized carbons (Fsp3) is 0.300. The number of hydrogen-bond acceptors (Lipinski definition) is 3. The monoisotopic (exact) mass is 227 g/mol. The summed E-state index contributed by atoms with van der Waals surface area (Å²) in [4.78, 5) is 21.1. The molecule has 3 nitrogen and oxygen atoms in total. The summed E-state index contributed by atoms with van der Waals surface area (Å²) in [6, 6.07) is 6.25. The van der Waals surface area contributed by atoms with Gasteiger partial charge >= 0.3 is 0 Å². The molecule has 0 aliphatic rings. The summed E-state index contributed by atoms with van der Waals surface area (Å²) in [6.07, 6.45) is 0.734. The van der Waals surface area contributed by atoms with E-state index >= 15 is 0 Å². The van der Waals surface area contributed by atoms with Crippen LogP contribution in [0.15, 0.2) is 34.3 Å². The third-order valence-corrected chi connectivity index (χ3v) is 2.78. The lowest BCUT2D eigenvalue weighted by molar-refractivity contribution is -0.117. The number of hydrogen-bond donors (Lipinski definition) is 0. The van der Waals surface area contributed by atoms with Crippen LogP contribution in [0.1, 0.15) is 12.8 Å². The molecule has 0 bridgehead atoms. The van der Waals surface area contributed by atoms with Gasteiger partial charge in [-0.25, -0.2) is 4.39 Å². The first-order valence-corrected chi connectivity index (χ1v) is 5.45. The number of nitroso groups, excluding NO2 is 1. The molecule has 0 fully saturated rings.